The lowest BCUT2D eigenvalue weighted by Gasteiger charge is -2.48. The van der Waals surface area contributed by atoms with E-state index in [1.807, 2.05) is 0 Å². The summed E-state index contributed by atoms with van der Waals surface area (Å²) in [4.78, 5) is 13.7. The number of likely N-dealkylation sites (tertiary alicyclic amines) is 1. The van der Waals surface area contributed by atoms with Crippen molar-refractivity contribution in [1.82, 2.24) is 9.80 Å². The van der Waals surface area contributed by atoms with E-state index in [-0.39, 0.29) is 0 Å². The van der Waals surface area contributed by atoms with Gasteiger partial charge in [-0.2, -0.15) is 0 Å². The molecule has 0 aromatic heterocycles. The minimum atomic E-state index is 0.375. The molecule has 0 atom stereocenters. The Hall–Kier alpha value is -1.35. The van der Waals surface area contributed by atoms with Crippen molar-refractivity contribution in [2.45, 2.75) is 56.9 Å². The first kappa shape index (κ1) is 18.0. The average Bonchev–Trinajstić information content (AvgIpc) is 2.64. The average molecular weight is 316 g/mol. The lowest BCUT2D eigenvalue weighted by molar-refractivity contribution is -0.115. The Morgan fingerprint density at radius 1 is 0.913 bits per heavy atom. The quantitative estimate of drug-likeness (QED) is 0.786. The highest BCUT2D eigenvalue weighted by Crippen LogP contribution is 2.43. The van der Waals surface area contributed by atoms with Crippen LogP contribution >= 0.6 is 0 Å². The van der Waals surface area contributed by atoms with Gasteiger partial charge in [0.1, 0.15) is 0 Å². The molecule has 3 heteroatoms. The zero-order chi connectivity index (χ0) is 16.5. The summed E-state index contributed by atoms with van der Waals surface area (Å²) in [5.74, 6) is 0. The minimum absolute atomic E-state index is 0.375. The Balaban J connectivity index is 0.000000338. The van der Waals surface area contributed by atoms with Crippen LogP contribution in [0, 0.1) is 0 Å². The highest BCUT2D eigenvalue weighted by atomic mass is 16.1. The van der Waals surface area contributed by atoms with Crippen LogP contribution in [0.3, 0.4) is 0 Å². The van der Waals surface area contributed by atoms with Gasteiger partial charge in [0.2, 0.25) is 6.41 Å². The molecule has 1 aliphatic carbocycles. The van der Waals surface area contributed by atoms with Crippen molar-refractivity contribution >= 4 is 6.41 Å². The van der Waals surface area contributed by atoms with E-state index in [1.54, 1.807) is 19.7 Å². The van der Waals surface area contributed by atoms with Gasteiger partial charge in [0.05, 0.1) is 0 Å². The molecule has 128 valence electrons. The van der Waals surface area contributed by atoms with E-state index in [9.17, 15) is 4.79 Å². The molecule has 1 saturated heterocycles. The fraction of sp³-hybridized carbons (Fsp3) is 0.650. The summed E-state index contributed by atoms with van der Waals surface area (Å²) >= 11 is 0. The second-order valence-electron chi connectivity index (χ2n) is 7.07. The van der Waals surface area contributed by atoms with Gasteiger partial charge in [0.15, 0.2) is 0 Å². The molecule has 0 radical (unpaired) electrons. The second-order valence-corrected chi connectivity index (χ2v) is 7.07. The van der Waals surface area contributed by atoms with Gasteiger partial charge in [0, 0.05) is 19.6 Å². The van der Waals surface area contributed by atoms with E-state index in [0.717, 1.165) is 6.41 Å². The number of hydrogen-bond donors (Lipinski definition) is 0. The van der Waals surface area contributed by atoms with Gasteiger partial charge in [-0.3, -0.25) is 9.69 Å². The predicted molar refractivity (Wildman–Crippen MR) is 96.4 cm³/mol. The van der Waals surface area contributed by atoms with Gasteiger partial charge in [-0.15, -0.1) is 0 Å². The second kappa shape index (κ2) is 9.07. The highest BCUT2D eigenvalue weighted by molar-refractivity contribution is 5.45. The van der Waals surface area contributed by atoms with Gasteiger partial charge in [-0.1, -0.05) is 56.0 Å². The Morgan fingerprint density at radius 2 is 1.43 bits per heavy atom. The van der Waals surface area contributed by atoms with E-state index >= 15 is 0 Å². The normalized spacial score (nSPS) is 21.0. The first-order valence-corrected chi connectivity index (χ1v) is 9.11. The third-order valence-corrected chi connectivity index (χ3v) is 5.16. The van der Waals surface area contributed by atoms with Crippen LogP contribution in [0.25, 0.3) is 0 Å². The highest BCUT2D eigenvalue weighted by Gasteiger charge is 2.39. The van der Waals surface area contributed by atoms with Crippen LogP contribution in [0.4, 0.5) is 0 Å². The standard InChI is InChI=1S/C17H25N.C3H7NO/c1-4-10-16(11-5-1)17(12-6-2-7-13-17)18-14-8-3-9-15-18;1-4(2)3-5/h1,4-5,10-11H,2-3,6-9,12-15H2;3H,1-2H3. The molecule has 23 heavy (non-hydrogen) atoms. The number of carbonyl (C=O) groups is 1. The van der Waals surface area contributed by atoms with Crippen LogP contribution in [0.2, 0.25) is 0 Å². The third kappa shape index (κ3) is 4.81. The van der Waals surface area contributed by atoms with Crippen LogP contribution in [0.1, 0.15) is 56.9 Å². The molecular formula is C20H32N2O. The summed E-state index contributed by atoms with van der Waals surface area (Å²) in [7, 11) is 3.38. The Morgan fingerprint density at radius 3 is 1.96 bits per heavy atom. The van der Waals surface area contributed by atoms with Crippen molar-refractivity contribution < 1.29 is 4.79 Å². The van der Waals surface area contributed by atoms with Crippen molar-refractivity contribution in [2.24, 2.45) is 0 Å². The first-order valence-electron chi connectivity index (χ1n) is 9.11. The zero-order valence-corrected chi connectivity index (χ0v) is 14.8. The summed E-state index contributed by atoms with van der Waals surface area (Å²) in [6.07, 6.45) is 12.0. The number of rotatable bonds is 3. The molecule has 1 aromatic carbocycles. The molecule has 3 rings (SSSR count). The van der Waals surface area contributed by atoms with E-state index in [2.05, 4.69) is 35.2 Å². The number of carbonyl (C=O) groups excluding carboxylic acids is 1. The maximum absolute atomic E-state index is 9.43. The molecule has 0 spiro atoms. The van der Waals surface area contributed by atoms with Gasteiger partial charge in [-0.05, 0) is 44.3 Å². The maximum atomic E-state index is 9.43. The number of hydrogen-bond acceptors (Lipinski definition) is 2. The molecule has 1 aliphatic heterocycles. The molecule has 0 unspecified atom stereocenters. The summed E-state index contributed by atoms with van der Waals surface area (Å²) in [6, 6.07) is 11.3. The topological polar surface area (TPSA) is 23.6 Å². The molecule has 0 N–H and O–H groups in total. The fourth-order valence-electron chi connectivity index (χ4n) is 3.99. The van der Waals surface area contributed by atoms with Gasteiger partial charge < -0.3 is 4.90 Å². The molecule has 1 heterocycles. The molecule has 1 saturated carbocycles. The Bertz CT molecular complexity index is 446. The number of nitrogens with zero attached hydrogens (tertiary/aromatic N) is 2. The summed E-state index contributed by atoms with van der Waals surface area (Å²) in [5.41, 5.74) is 1.95. The third-order valence-electron chi connectivity index (χ3n) is 5.16. The number of benzene rings is 1. The molecular weight excluding hydrogens is 284 g/mol. The van der Waals surface area contributed by atoms with Gasteiger partial charge in [-0.25, -0.2) is 0 Å². The number of piperidine rings is 1. The monoisotopic (exact) mass is 316 g/mol. The first-order chi connectivity index (χ1) is 11.2. The summed E-state index contributed by atoms with van der Waals surface area (Å²) in [5, 5.41) is 0. The van der Waals surface area contributed by atoms with Crippen LogP contribution in [0.15, 0.2) is 30.3 Å². The molecule has 1 aromatic rings. The molecule has 0 bridgehead atoms. The van der Waals surface area contributed by atoms with Crippen molar-refractivity contribution in [2.75, 3.05) is 27.2 Å². The van der Waals surface area contributed by atoms with Crippen LogP contribution in [0.5, 0.6) is 0 Å². The smallest absolute Gasteiger partial charge is 0.209 e. The zero-order valence-electron chi connectivity index (χ0n) is 14.8. The predicted octanol–water partition coefficient (Wildman–Crippen LogP) is 4.04. The summed E-state index contributed by atoms with van der Waals surface area (Å²) < 4.78 is 0. The SMILES string of the molecule is CN(C)C=O.c1ccc(C2(N3CCCCC3)CCCCC2)cc1. The number of amides is 1. The minimum Gasteiger partial charge on any atom is -0.351 e. The van der Waals surface area contributed by atoms with E-state index in [0.29, 0.717) is 5.54 Å². The Labute approximate surface area is 141 Å². The summed E-state index contributed by atoms with van der Waals surface area (Å²) in [6.45, 7) is 2.63. The van der Waals surface area contributed by atoms with E-state index in [1.165, 1.54) is 69.4 Å². The molecule has 1 amide bonds. The van der Waals surface area contributed by atoms with Crippen molar-refractivity contribution in [1.29, 1.82) is 0 Å². The van der Waals surface area contributed by atoms with Crippen molar-refractivity contribution in [3.63, 3.8) is 0 Å². The van der Waals surface area contributed by atoms with Gasteiger partial charge >= 0.3 is 0 Å². The Kier molecular flexibility index (Phi) is 7.10. The lowest BCUT2D eigenvalue weighted by Crippen LogP contribution is -2.49. The van der Waals surface area contributed by atoms with Gasteiger partial charge in [0.25, 0.3) is 0 Å². The largest absolute Gasteiger partial charge is 0.351 e. The van der Waals surface area contributed by atoms with Crippen molar-refractivity contribution in [3.05, 3.63) is 35.9 Å². The fourth-order valence-corrected chi connectivity index (χ4v) is 3.99. The van der Waals surface area contributed by atoms with Crippen LogP contribution in [-0.2, 0) is 10.3 Å². The van der Waals surface area contributed by atoms with Crippen LogP contribution < -0.4 is 0 Å². The van der Waals surface area contributed by atoms with Crippen molar-refractivity contribution in [3.8, 4) is 0 Å². The van der Waals surface area contributed by atoms with E-state index in [4.69, 9.17) is 0 Å². The molecule has 2 fully saturated rings. The molecule has 3 nitrogen and oxygen atoms in total. The van der Waals surface area contributed by atoms with E-state index < -0.39 is 0 Å². The van der Waals surface area contributed by atoms with Crippen LogP contribution in [-0.4, -0.2) is 43.4 Å². The molecule has 2 aliphatic rings. The lowest BCUT2D eigenvalue weighted by atomic mass is 9.74. The maximum Gasteiger partial charge on any atom is 0.209 e.